The number of carbonyl (C=O) groups excluding carboxylic acids is 3. The van der Waals surface area contributed by atoms with Gasteiger partial charge in [-0.1, -0.05) is 0 Å². The van der Waals surface area contributed by atoms with Crippen LogP contribution in [-0.4, -0.2) is 36.9 Å². The second-order valence-electron chi connectivity index (χ2n) is 5.55. The van der Waals surface area contributed by atoms with Gasteiger partial charge in [-0.2, -0.15) is 0 Å². The van der Waals surface area contributed by atoms with E-state index < -0.39 is 11.7 Å². The van der Waals surface area contributed by atoms with Crippen molar-refractivity contribution in [3.8, 4) is 0 Å². The Morgan fingerprint density at radius 1 is 1.20 bits per heavy atom. The van der Waals surface area contributed by atoms with Gasteiger partial charge in [0.2, 0.25) is 0 Å². The molecule has 106 valence electrons. The van der Waals surface area contributed by atoms with Crippen LogP contribution in [-0.2, 0) is 23.9 Å². The number of hydrogen-bond acceptors (Lipinski definition) is 5. The molecule has 20 heavy (non-hydrogen) atoms. The number of carbonyl (C=O) groups is 3. The molecule has 3 aliphatic rings. The molecule has 1 aliphatic heterocycles. The molecule has 0 bridgehead atoms. The summed E-state index contributed by atoms with van der Waals surface area (Å²) in [7, 11) is 0. The molecule has 1 saturated heterocycles. The van der Waals surface area contributed by atoms with Crippen molar-refractivity contribution in [2.24, 2.45) is 11.8 Å². The number of allylic oxidation sites excluding steroid dienone is 4. The largest absolute Gasteiger partial charge is 0.348 e. The SMILES string of the molecule is CC1([C@@H]2CC3=C(C(=O)C=CC3=O)[C@H](C=O)C2)OCCO1. The van der Waals surface area contributed by atoms with Crippen LogP contribution >= 0.6 is 0 Å². The van der Waals surface area contributed by atoms with Crippen molar-refractivity contribution in [2.45, 2.75) is 25.6 Å². The number of ketones is 2. The van der Waals surface area contributed by atoms with Gasteiger partial charge in [-0.3, -0.25) is 9.59 Å². The Balaban J connectivity index is 1.97. The smallest absolute Gasteiger partial charge is 0.183 e. The van der Waals surface area contributed by atoms with Gasteiger partial charge in [0.1, 0.15) is 6.29 Å². The van der Waals surface area contributed by atoms with E-state index in [-0.39, 0.29) is 17.5 Å². The summed E-state index contributed by atoms with van der Waals surface area (Å²) in [6, 6.07) is 0. The van der Waals surface area contributed by atoms with Crippen LogP contribution in [0.3, 0.4) is 0 Å². The van der Waals surface area contributed by atoms with Crippen molar-refractivity contribution in [1.82, 2.24) is 0 Å². The fraction of sp³-hybridized carbons (Fsp3) is 0.533. The molecule has 2 aliphatic carbocycles. The Morgan fingerprint density at radius 3 is 2.50 bits per heavy atom. The van der Waals surface area contributed by atoms with Gasteiger partial charge in [-0.25, -0.2) is 0 Å². The van der Waals surface area contributed by atoms with Crippen LogP contribution in [0.1, 0.15) is 19.8 Å². The molecule has 0 aromatic carbocycles. The van der Waals surface area contributed by atoms with E-state index in [9.17, 15) is 14.4 Å². The first kappa shape index (κ1) is 13.4. The van der Waals surface area contributed by atoms with Gasteiger partial charge in [0.05, 0.1) is 13.2 Å². The van der Waals surface area contributed by atoms with E-state index in [4.69, 9.17) is 9.47 Å². The van der Waals surface area contributed by atoms with Gasteiger partial charge < -0.3 is 14.3 Å². The predicted octanol–water partition coefficient (Wildman–Crippen LogP) is 0.979. The van der Waals surface area contributed by atoms with Crippen LogP contribution in [0.15, 0.2) is 23.3 Å². The zero-order chi connectivity index (χ0) is 14.3. The summed E-state index contributed by atoms with van der Waals surface area (Å²) in [5, 5.41) is 0. The normalized spacial score (nSPS) is 32.5. The van der Waals surface area contributed by atoms with Gasteiger partial charge in [-0.15, -0.1) is 0 Å². The minimum atomic E-state index is -0.774. The lowest BCUT2D eigenvalue weighted by Crippen LogP contribution is -2.42. The minimum absolute atomic E-state index is 0.0952. The lowest BCUT2D eigenvalue weighted by atomic mass is 9.70. The highest BCUT2D eigenvalue weighted by molar-refractivity contribution is 6.21. The lowest BCUT2D eigenvalue weighted by molar-refractivity contribution is -0.185. The van der Waals surface area contributed by atoms with Crippen LogP contribution < -0.4 is 0 Å². The van der Waals surface area contributed by atoms with Gasteiger partial charge in [-0.05, 0) is 31.9 Å². The Labute approximate surface area is 116 Å². The van der Waals surface area contributed by atoms with Gasteiger partial charge in [0.15, 0.2) is 17.4 Å². The Bertz CT molecular complexity index is 536. The fourth-order valence-corrected chi connectivity index (χ4v) is 3.28. The average Bonchev–Trinajstić information content (AvgIpc) is 2.90. The van der Waals surface area contributed by atoms with Crippen LogP contribution in [0, 0.1) is 11.8 Å². The van der Waals surface area contributed by atoms with E-state index in [2.05, 4.69) is 0 Å². The van der Waals surface area contributed by atoms with E-state index in [1.54, 1.807) is 0 Å². The molecule has 5 heteroatoms. The first-order valence-corrected chi connectivity index (χ1v) is 6.78. The molecule has 0 spiro atoms. The summed E-state index contributed by atoms with van der Waals surface area (Å²) in [5.41, 5.74) is 0.816. The maximum absolute atomic E-state index is 12.0. The summed E-state index contributed by atoms with van der Waals surface area (Å²) in [6.07, 6.45) is 4.19. The topological polar surface area (TPSA) is 69.7 Å². The summed E-state index contributed by atoms with van der Waals surface area (Å²) in [4.78, 5) is 35.3. The molecule has 0 aromatic rings. The number of rotatable bonds is 2. The second-order valence-corrected chi connectivity index (χ2v) is 5.55. The third-order valence-corrected chi connectivity index (χ3v) is 4.40. The first-order chi connectivity index (χ1) is 9.55. The zero-order valence-electron chi connectivity index (χ0n) is 11.3. The van der Waals surface area contributed by atoms with Crippen molar-refractivity contribution in [3.63, 3.8) is 0 Å². The number of aldehydes is 1. The molecule has 3 rings (SSSR count). The highest BCUT2D eigenvalue weighted by Gasteiger charge is 2.46. The van der Waals surface area contributed by atoms with Gasteiger partial charge in [0.25, 0.3) is 0 Å². The summed E-state index contributed by atoms with van der Waals surface area (Å²) in [5.74, 6) is -1.83. The molecule has 0 saturated carbocycles. The fourth-order valence-electron chi connectivity index (χ4n) is 3.28. The summed E-state index contributed by atoms with van der Waals surface area (Å²) < 4.78 is 11.3. The van der Waals surface area contributed by atoms with Crippen LogP contribution in [0.4, 0.5) is 0 Å². The molecule has 1 heterocycles. The van der Waals surface area contributed by atoms with E-state index in [0.29, 0.717) is 37.2 Å². The highest BCUT2D eigenvalue weighted by Crippen LogP contribution is 2.43. The third-order valence-electron chi connectivity index (χ3n) is 4.40. The Hall–Kier alpha value is -1.59. The molecule has 2 atom stereocenters. The van der Waals surface area contributed by atoms with Gasteiger partial charge in [0, 0.05) is 23.0 Å². The van der Waals surface area contributed by atoms with E-state index in [1.165, 1.54) is 12.2 Å². The van der Waals surface area contributed by atoms with Crippen LogP contribution in [0.2, 0.25) is 0 Å². The first-order valence-electron chi connectivity index (χ1n) is 6.78. The molecular formula is C15H16O5. The van der Waals surface area contributed by atoms with E-state index in [1.807, 2.05) is 6.92 Å². The van der Waals surface area contributed by atoms with E-state index >= 15 is 0 Å². The van der Waals surface area contributed by atoms with Crippen LogP contribution in [0.5, 0.6) is 0 Å². The maximum Gasteiger partial charge on any atom is 0.183 e. The molecular weight excluding hydrogens is 260 g/mol. The number of ether oxygens (including phenoxy) is 2. The summed E-state index contributed by atoms with van der Waals surface area (Å²) in [6.45, 7) is 2.86. The molecule has 0 aromatic heterocycles. The van der Waals surface area contributed by atoms with Crippen LogP contribution in [0.25, 0.3) is 0 Å². The monoisotopic (exact) mass is 276 g/mol. The van der Waals surface area contributed by atoms with E-state index in [0.717, 1.165) is 6.29 Å². The second kappa shape index (κ2) is 4.75. The molecule has 0 amide bonds. The average molecular weight is 276 g/mol. The quantitative estimate of drug-likeness (QED) is 0.555. The number of hydrogen-bond donors (Lipinski definition) is 0. The Morgan fingerprint density at radius 2 is 1.85 bits per heavy atom. The third kappa shape index (κ3) is 1.98. The molecule has 5 nitrogen and oxygen atoms in total. The molecule has 0 unspecified atom stereocenters. The zero-order valence-corrected chi connectivity index (χ0v) is 11.3. The standard InChI is InChI=1S/C15H16O5/c1-15(19-4-5-20-15)10-6-9(8-16)14-11(7-10)12(17)2-3-13(14)18/h2-3,8-10H,4-7H2,1H3/t9-,10-/m0/s1. The molecule has 0 N–H and O–H groups in total. The Kier molecular flexibility index (Phi) is 3.18. The summed E-state index contributed by atoms with van der Waals surface area (Å²) >= 11 is 0. The lowest BCUT2D eigenvalue weighted by Gasteiger charge is -2.38. The van der Waals surface area contributed by atoms with Gasteiger partial charge >= 0.3 is 0 Å². The van der Waals surface area contributed by atoms with Crippen molar-refractivity contribution in [2.75, 3.05) is 13.2 Å². The minimum Gasteiger partial charge on any atom is -0.348 e. The highest BCUT2D eigenvalue weighted by atomic mass is 16.7. The van der Waals surface area contributed by atoms with Crippen molar-refractivity contribution < 1.29 is 23.9 Å². The van der Waals surface area contributed by atoms with Crippen molar-refractivity contribution in [1.29, 1.82) is 0 Å². The van der Waals surface area contributed by atoms with Crippen molar-refractivity contribution >= 4 is 17.9 Å². The molecule has 1 fully saturated rings. The molecule has 0 radical (unpaired) electrons. The van der Waals surface area contributed by atoms with Crippen molar-refractivity contribution in [3.05, 3.63) is 23.3 Å². The maximum atomic E-state index is 12.0. The predicted molar refractivity (Wildman–Crippen MR) is 68.8 cm³/mol.